The van der Waals surface area contributed by atoms with Gasteiger partial charge in [0.05, 0.1) is 8.45 Å². The fourth-order valence-corrected chi connectivity index (χ4v) is 2.11. The summed E-state index contributed by atoms with van der Waals surface area (Å²) in [5.74, 6) is 0.108. The van der Waals surface area contributed by atoms with Crippen molar-refractivity contribution in [3.63, 3.8) is 0 Å². The number of thiophene rings is 1. The van der Waals surface area contributed by atoms with Crippen LogP contribution in [0, 0.1) is 2.88 Å². The predicted molar refractivity (Wildman–Crippen MR) is 59.7 cm³/mol. The van der Waals surface area contributed by atoms with Gasteiger partial charge in [-0.3, -0.25) is 4.79 Å². The van der Waals surface area contributed by atoms with Crippen LogP contribution in [-0.4, -0.2) is 24.4 Å². The second kappa shape index (κ2) is 4.23. The molecule has 0 spiro atoms. The standard InChI is InChI=1S/C8H10INOS/c1-3-10(2)8(11)6-4-7(9)12-5-6/h4-5H,3H2,1-2H3. The van der Waals surface area contributed by atoms with Crippen LogP contribution in [0.15, 0.2) is 11.4 Å². The van der Waals surface area contributed by atoms with E-state index in [9.17, 15) is 4.79 Å². The minimum Gasteiger partial charge on any atom is -0.342 e. The summed E-state index contributed by atoms with van der Waals surface area (Å²) < 4.78 is 1.15. The van der Waals surface area contributed by atoms with Gasteiger partial charge in [-0.05, 0) is 35.6 Å². The molecule has 0 saturated carbocycles. The van der Waals surface area contributed by atoms with Gasteiger partial charge in [0.1, 0.15) is 0 Å². The average Bonchev–Trinajstić information content (AvgIpc) is 2.49. The quantitative estimate of drug-likeness (QED) is 0.767. The minimum atomic E-state index is 0.108. The number of rotatable bonds is 2. The molecule has 0 unspecified atom stereocenters. The third kappa shape index (κ3) is 2.20. The van der Waals surface area contributed by atoms with Crippen molar-refractivity contribution in [1.82, 2.24) is 4.90 Å². The van der Waals surface area contributed by atoms with Crippen molar-refractivity contribution in [2.75, 3.05) is 13.6 Å². The van der Waals surface area contributed by atoms with Crippen molar-refractivity contribution in [2.45, 2.75) is 6.92 Å². The molecule has 0 aliphatic carbocycles. The minimum absolute atomic E-state index is 0.108. The van der Waals surface area contributed by atoms with Crippen molar-refractivity contribution in [2.24, 2.45) is 0 Å². The molecule has 0 aromatic carbocycles. The molecule has 0 N–H and O–H groups in total. The highest BCUT2D eigenvalue weighted by Gasteiger charge is 2.10. The number of carbonyl (C=O) groups excluding carboxylic acids is 1. The van der Waals surface area contributed by atoms with Gasteiger partial charge in [0.15, 0.2) is 0 Å². The normalized spacial score (nSPS) is 9.92. The molecular formula is C8H10INOS. The molecule has 1 heterocycles. The summed E-state index contributed by atoms with van der Waals surface area (Å²) in [5.41, 5.74) is 0.800. The molecule has 0 bridgehead atoms. The zero-order valence-corrected chi connectivity index (χ0v) is 9.98. The maximum Gasteiger partial charge on any atom is 0.254 e. The number of hydrogen-bond donors (Lipinski definition) is 0. The van der Waals surface area contributed by atoms with Crippen molar-refractivity contribution in [3.8, 4) is 0 Å². The lowest BCUT2D eigenvalue weighted by atomic mass is 10.3. The first-order valence-electron chi connectivity index (χ1n) is 3.64. The molecule has 66 valence electrons. The van der Waals surface area contributed by atoms with Crippen LogP contribution in [0.3, 0.4) is 0 Å². The van der Waals surface area contributed by atoms with E-state index < -0.39 is 0 Å². The zero-order chi connectivity index (χ0) is 9.14. The van der Waals surface area contributed by atoms with Crippen molar-refractivity contribution >= 4 is 39.8 Å². The molecule has 1 aromatic heterocycles. The molecule has 0 aliphatic rings. The van der Waals surface area contributed by atoms with E-state index >= 15 is 0 Å². The van der Waals surface area contributed by atoms with E-state index in [0.717, 1.165) is 15.0 Å². The lowest BCUT2D eigenvalue weighted by molar-refractivity contribution is 0.0803. The van der Waals surface area contributed by atoms with Crippen LogP contribution in [0.2, 0.25) is 0 Å². The van der Waals surface area contributed by atoms with Gasteiger partial charge in [-0.15, -0.1) is 11.3 Å². The Kier molecular flexibility index (Phi) is 3.52. The van der Waals surface area contributed by atoms with E-state index in [2.05, 4.69) is 22.6 Å². The Morgan fingerprint density at radius 1 is 1.75 bits per heavy atom. The molecule has 0 radical (unpaired) electrons. The van der Waals surface area contributed by atoms with Crippen LogP contribution in [0.5, 0.6) is 0 Å². The number of halogens is 1. The second-order valence-corrected chi connectivity index (χ2v) is 5.26. The molecular weight excluding hydrogens is 285 g/mol. The van der Waals surface area contributed by atoms with Gasteiger partial charge in [-0.1, -0.05) is 0 Å². The molecule has 1 rings (SSSR count). The van der Waals surface area contributed by atoms with E-state index in [-0.39, 0.29) is 5.91 Å². The van der Waals surface area contributed by atoms with E-state index in [1.165, 1.54) is 0 Å². The smallest absolute Gasteiger partial charge is 0.254 e. The molecule has 0 atom stereocenters. The maximum atomic E-state index is 11.5. The Morgan fingerprint density at radius 3 is 2.83 bits per heavy atom. The number of hydrogen-bond acceptors (Lipinski definition) is 2. The maximum absolute atomic E-state index is 11.5. The highest BCUT2D eigenvalue weighted by atomic mass is 127. The Hall–Kier alpha value is -0.100. The van der Waals surface area contributed by atoms with Crippen LogP contribution in [0.4, 0.5) is 0 Å². The van der Waals surface area contributed by atoms with E-state index in [1.807, 2.05) is 25.4 Å². The third-order valence-corrected chi connectivity index (χ3v) is 3.42. The third-order valence-electron chi connectivity index (χ3n) is 1.64. The van der Waals surface area contributed by atoms with Gasteiger partial charge >= 0.3 is 0 Å². The van der Waals surface area contributed by atoms with Gasteiger partial charge in [-0.2, -0.15) is 0 Å². The van der Waals surface area contributed by atoms with Gasteiger partial charge in [0, 0.05) is 19.0 Å². The van der Waals surface area contributed by atoms with Crippen LogP contribution >= 0.6 is 33.9 Å². The monoisotopic (exact) mass is 295 g/mol. The van der Waals surface area contributed by atoms with Gasteiger partial charge < -0.3 is 4.90 Å². The largest absolute Gasteiger partial charge is 0.342 e. The van der Waals surface area contributed by atoms with E-state index in [1.54, 1.807) is 16.2 Å². The first-order chi connectivity index (χ1) is 5.65. The topological polar surface area (TPSA) is 20.3 Å². The highest BCUT2D eigenvalue weighted by molar-refractivity contribution is 14.1. The van der Waals surface area contributed by atoms with Gasteiger partial charge in [0.2, 0.25) is 0 Å². The summed E-state index contributed by atoms with van der Waals surface area (Å²) in [6, 6.07) is 1.92. The summed E-state index contributed by atoms with van der Waals surface area (Å²) in [6.07, 6.45) is 0. The summed E-state index contributed by atoms with van der Waals surface area (Å²) in [7, 11) is 1.81. The molecule has 0 saturated heterocycles. The number of nitrogens with zero attached hydrogens (tertiary/aromatic N) is 1. The van der Waals surface area contributed by atoms with Crippen LogP contribution < -0.4 is 0 Å². The van der Waals surface area contributed by atoms with E-state index in [0.29, 0.717) is 0 Å². The van der Waals surface area contributed by atoms with E-state index in [4.69, 9.17) is 0 Å². The second-order valence-electron chi connectivity index (χ2n) is 2.46. The SMILES string of the molecule is CCN(C)C(=O)c1csc(I)c1. The van der Waals surface area contributed by atoms with Crippen LogP contribution in [0.1, 0.15) is 17.3 Å². The molecule has 0 aliphatic heterocycles. The highest BCUT2D eigenvalue weighted by Crippen LogP contribution is 2.17. The Labute approximate surface area is 89.7 Å². The molecule has 12 heavy (non-hydrogen) atoms. The molecule has 4 heteroatoms. The van der Waals surface area contributed by atoms with Gasteiger partial charge in [-0.25, -0.2) is 0 Å². The average molecular weight is 295 g/mol. The first kappa shape index (κ1) is 9.98. The summed E-state index contributed by atoms with van der Waals surface area (Å²) in [6.45, 7) is 2.72. The summed E-state index contributed by atoms with van der Waals surface area (Å²) in [5, 5.41) is 1.90. The molecule has 1 aromatic rings. The Bertz CT molecular complexity index is 284. The predicted octanol–water partition coefficient (Wildman–Crippen LogP) is 2.44. The first-order valence-corrected chi connectivity index (χ1v) is 5.60. The zero-order valence-electron chi connectivity index (χ0n) is 7.00. The number of amides is 1. The molecule has 1 amide bonds. The lowest BCUT2D eigenvalue weighted by Gasteiger charge is -2.12. The Balaban J connectivity index is 2.78. The van der Waals surface area contributed by atoms with Crippen molar-refractivity contribution in [3.05, 3.63) is 19.9 Å². The fraction of sp³-hybridized carbons (Fsp3) is 0.375. The van der Waals surface area contributed by atoms with Crippen LogP contribution in [-0.2, 0) is 0 Å². The van der Waals surface area contributed by atoms with Crippen molar-refractivity contribution < 1.29 is 4.79 Å². The molecule has 0 fully saturated rings. The van der Waals surface area contributed by atoms with Gasteiger partial charge in [0.25, 0.3) is 5.91 Å². The Morgan fingerprint density at radius 2 is 2.42 bits per heavy atom. The summed E-state index contributed by atoms with van der Waals surface area (Å²) in [4.78, 5) is 13.2. The fourth-order valence-electron chi connectivity index (χ4n) is 0.786. The van der Waals surface area contributed by atoms with Crippen molar-refractivity contribution in [1.29, 1.82) is 0 Å². The number of carbonyl (C=O) groups is 1. The van der Waals surface area contributed by atoms with Crippen LogP contribution in [0.25, 0.3) is 0 Å². The summed E-state index contributed by atoms with van der Waals surface area (Å²) >= 11 is 3.82. The lowest BCUT2D eigenvalue weighted by Crippen LogP contribution is -2.25. The molecule has 2 nitrogen and oxygen atoms in total.